The first-order valence-electron chi connectivity index (χ1n) is 8.00. The molecule has 1 saturated heterocycles. The third-order valence-corrected chi connectivity index (χ3v) is 4.42. The van der Waals surface area contributed by atoms with Gasteiger partial charge in [0.2, 0.25) is 5.91 Å². The molecule has 1 aromatic carbocycles. The van der Waals surface area contributed by atoms with Gasteiger partial charge in [-0.15, -0.1) is 0 Å². The van der Waals surface area contributed by atoms with Crippen LogP contribution in [0.15, 0.2) is 24.3 Å². The number of carbonyl (C=O) groups excluding carboxylic acids is 1. The number of anilines is 1. The predicted molar refractivity (Wildman–Crippen MR) is 87.1 cm³/mol. The van der Waals surface area contributed by atoms with Gasteiger partial charge in [-0.2, -0.15) is 0 Å². The fourth-order valence-corrected chi connectivity index (χ4v) is 3.16. The zero-order chi connectivity index (χ0) is 15.2. The normalized spacial score (nSPS) is 18.4. The van der Waals surface area contributed by atoms with Gasteiger partial charge >= 0.3 is 0 Å². The number of likely N-dealkylation sites (tertiary alicyclic amines) is 1. The van der Waals surface area contributed by atoms with E-state index in [0.717, 1.165) is 50.3 Å². The van der Waals surface area contributed by atoms with Crippen molar-refractivity contribution in [3.63, 3.8) is 0 Å². The van der Waals surface area contributed by atoms with Gasteiger partial charge < -0.3 is 10.6 Å². The number of hydrogen-bond donors (Lipinski definition) is 1. The lowest BCUT2D eigenvalue weighted by molar-refractivity contribution is -0.130. The van der Waals surface area contributed by atoms with Crippen LogP contribution in [0.3, 0.4) is 0 Å². The van der Waals surface area contributed by atoms with Crippen molar-refractivity contribution >= 4 is 11.6 Å². The molecule has 0 spiro atoms. The predicted octanol–water partition coefficient (Wildman–Crippen LogP) is 2.14. The largest absolute Gasteiger partial charge is 0.399 e. The molecule has 0 saturated carbocycles. The molecule has 1 unspecified atom stereocenters. The molecule has 0 bridgehead atoms. The molecule has 2 rings (SSSR count). The third-order valence-electron chi connectivity index (χ3n) is 4.42. The van der Waals surface area contributed by atoms with Crippen LogP contribution in [0, 0.1) is 0 Å². The van der Waals surface area contributed by atoms with E-state index in [1.165, 1.54) is 0 Å². The summed E-state index contributed by atoms with van der Waals surface area (Å²) in [6.07, 6.45) is 2.45. The first kappa shape index (κ1) is 15.8. The van der Waals surface area contributed by atoms with E-state index in [9.17, 15) is 4.79 Å². The molecule has 4 nitrogen and oxygen atoms in total. The third kappa shape index (κ3) is 4.21. The molecule has 1 aromatic rings. The van der Waals surface area contributed by atoms with Gasteiger partial charge in [-0.25, -0.2) is 0 Å². The van der Waals surface area contributed by atoms with Crippen LogP contribution in [0.5, 0.6) is 0 Å². The quantitative estimate of drug-likeness (QED) is 0.816. The second kappa shape index (κ2) is 7.46. The Kier molecular flexibility index (Phi) is 5.62. The maximum absolute atomic E-state index is 12.3. The highest BCUT2D eigenvalue weighted by Crippen LogP contribution is 2.17. The number of aryl methyl sites for hydroxylation is 1. The molecular weight excluding hydrogens is 262 g/mol. The number of benzene rings is 1. The fraction of sp³-hybridized carbons (Fsp3) is 0.588. The van der Waals surface area contributed by atoms with Crippen LogP contribution in [-0.2, 0) is 11.2 Å². The summed E-state index contributed by atoms with van der Waals surface area (Å²) in [6.45, 7) is 8.29. The van der Waals surface area contributed by atoms with E-state index in [4.69, 9.17) is 5.73 Å². The zero-order valence-electron chi connectivity index (χ0n) is 13.2. The molecular formula is C17H27N3O. The Morgan fingerprint density at radius 3 is 2.81 bits per heavy atom. The van der Waals surface area contributed by atoms with Gasteiger partial charge in [-0.05, 0) is 43.6 Å². The van der Waals surface area contributed by atoms with Gasteiger partial charge in [-0.1, -0.05) is 26.0 Å². The molecule has 1 atom stereocenters. The van der Waals surface area contributed by atoms with Crippen molar-refractivity contribution in [2.75, 3.05) is 31.9 Å². The molecule has 1 aliphatic heterocycles. The van der Waals surface area contributed by atoms with Gasteiger partial charge in [0.1, 0.15) is 0 Å². The first-order valence-corrected chi connectivity index (χ1v) is 8.00. The van der Waals surface area contributed by atoms with Crippen molar-refractivity contribution in [2.45, 2.75) is 39.2 Å². The summed E-state index contributed by atoms with van der Waals surface area (Å²) in [4.78, 5) is 16.8. The average molecular weight is 289 g/mol. The molecule has 0 aromatic heterocycles. The number of likely N-dealkylation sites (N-methyl/N-ethyl adjacent to an activating group) is 1. The van der Waals surface area contributed by atoms with E-state index in [1.54, 1.807) is 0 Å². The summed E-state index contributed by atoms with van der Waals surface area (Å²) in [5, 5.41) is 0. The monoisotopic (exact) mass is 289 g/mol. The maximum atomic E-state index is 12.3. The number of nitrogen functional groups attached to an aromatic ring is 1. The summed E-state index contributed by atoms with van der Waals surface area (Å²) in [7, 11) is 0. The highest BCUT2D eigenvalue weighted by molar-refractivity contribution is 5.76. The second-order valence-corrected chi connectivity index (χ2v) is 5.75. The van der Waals surface area contributed by atoms with Crippen molar-refractivity contribution in [2.24, 2.45) is 0 Å². The standard InChI is InChI=1S/C17H27N3O/c1-3-19(4-2)16-10-11-20(13-16)17(21)9-8-14-6-5-7-15(18)12-14/h5-7,12,16H,3-4,8-11,13,18H2,1-2H3. The minimum Gasteiger partial charge on any atom is -0.399 e. The number of nitrogens with zero attached hydrogens (tertiary/aromatic N) is 2. The number of amides is 1. The van der Waals surface area contributed by atoms with Crippen LogP contribution in [0.2, 0.25) is 0 Å². The van der Waals surface area contributed by atoms with Crippen LogP contribution in [-0.4, -0.2) is 47.9 Å². The Bertz CT molecular complexity index is 471. The molecule has 2 N–H and O–H groups in total. The Labute approximate surface area is 127 Å². The lowest BCUT2D eigenvalue weighted by Crippen LogP contribution is -2.38. The van der Waals surface area contributed by atoms with E-state index in [2.05, 4.69) is 18.7 Å². The summed E-state index contributed by atoms with van der Waals surface area (Å²) >= 11 is 0. The molecule has 0 radical (unpaired) electrons. The highest BCUT2D eigenvalue weighted by Gasteiger charge is 2.28. The van der Waals surface area contributed by atoms with Crippen molar-refractivity contribution in [1.82, 2.24) is 9.80 Å². The van der Waals surface area contributed by atoms with E-state index in [0.29, 0.717) is 12.5 Å². The van der Waals surface area contributed by atoms with Crippen LogP contribution >= 0.6 is 0 Å². The SMILES string of the molecule is CCN(CC)C1CCN(C(=O)CCc2cccc(N)c2)C1. The van der Waals surface area contributed by atoms with Gasteiger partial charge in [0.05, 0.1) is 0 Å². The molecule has 0 aliphatic carbocycles. The minimum absolute atomic E-state index is 0.270. The van der Waals surface area contributed by atoms with E-state index in [-0.39, 0.29) is 5.91 Å². The van der Waals surface area contributed by atoms with E-state index < -0.39 is 0 Å². The Balaban J connectivity index is 1.82. The lowest BCUT2D eigenvalue weighted by atomic mass is 10.1. The van der Waals surface area contributed by atoms with Crippen LogP contribution in [0.4, 0.5) is 5.69 Å². The number of rotatable bonds is 6. The molecule has 21 heavy (non-hydrogen) atoms. The minimum atomic E-state index is 0.270. The van der Waals surface area contributed by atoms with Crippen LogP contribution in [0.1, 0.15) is 32.3 Å². The Hall–Kier alpha value is -1.55. The molecule has 116 valence electrons. The number of hydrogen-bond acceptors (Lipinski definition) is 3. The molecule has 4 heteroatoms. The van der Waals surface area contributed by atoms with Gasteiger partial charge in [0.15, 0.2) is 0 Å². The smallest absolute Gasteiger partial charge is 0.222 e. The lowest BCUT2D eigenvalue weighted by Gasteiger charge is -2.26. The van der Waals surface area contributed by atoms with E-state index >= 15 is 0 Å². The van der Waals surface area contributed by atoms with Crippen molar-refractivity contribution in [3.05, 3.63) is 29.8 Å². The molecule has 1 amide bonds. The fourth-order valence-electron chi connectivity index (χ4n) is 3.16. The Morgan fingerprint density at radius 2 is 2.14 bits per heavy atom. The Morgan fingerprint density at radius 1 is 1.38 bits per heavy atom. The topological polar surface area (TPSA) is 49.6 Å². The zero-order valence-corrected chi connectivity index (χ0v) is 13.2. The summed E-state index contributed by atoms with van der Waals surface area (Å²) in [6, 6.07) is 8.35. The molecule has 1 aliphatic rings. The molecule has 1 heterocycles. The van der Waals surface area contributed by atoms with Crippen molar-refractivity contribution in [3.8, 4) is 0 Å². The van der Waals surface area contributed by atoms with Gasteiger partial charge in [0, 0.05) is 31.2 Å². The first-order chi connectivity index (χ1) is 10.1. The summed E-state index contributed by atoms with van der Waals surface area (Å²) in [5.74, 6) is 0.270. The molecule has 1 fully saturated rings. The van der Waals surface area contributed by atoms with E-state index in [1.807, 2.05) is 29.2 Å². The van der Waals surface area contributed by atoms with Crippen molar-refractivity contribution < 1.29 is 4.79 Å². The van der Waals surface area contributed by atoms with Crippen molar-refractivity contribution in [1.29, 1.82) is 0 Å². The van der Waals surface area contributed by atoms with Gasteiger partial charge in [0.25, 0.3) is 0 Å². The second-order valence-electron chi connectivity index (χ2n) is 5.75. The highest BCUT2D eigenvalue weighted by atomic mass is 16.2. The average Bonchev–Trinajstić information content (AvgIpc) is 2.96. The number of carbonyl (C=O) groups is 1. The number of nitrogens with two attached hydrogens (primary N) is 1. The van der Waals surface area contributed by atoms with Crippen LogP contribution in [0.25, 0.3) is 0 Å². The van der Waals surface area contributed by atoms with Gasteiger partial charge in [-0.3, -0.25) is 9.69 Å². The van der Waals surface area contributed by atoms with Crippen LogP contribution < -0.4 is 5.73 Å². The summed E-state index contributed by atoms with van der Waals surface area (Å²) < 4.78 is 0. The maximum Gasteiger partial charge on any atom is 0.222 e. The summed E-state index contributed by atoms with van der Waals surface area (Å²) in [5.41, 5.74) is 7.68.